The zero-order valence-electron chi connectivity index (χ0n) is 17.4. The van der Waals surface area contributed by atoms with E-state index in [-0.39, 0.29) is 18.2 Å². The van der Waals surface area contributed by atoms with Gasteiger partial charge in [-0.1, -0.05) is 35.3 Å². The summed E-state index contributed by atoms with van der Waals surface area (Å²) in [6, 6.07) is 14.3. The molecular formula is C25H18Cl2FIN2O2. The lowest BCUT2D eigenvalue weighted by atomic mass is 9.59. The Morgan fingerprint density at radius 1 is 1.00 bits per heavy atom. The third-order valence-electron chi connectivity index (χ3n) is 6.64. The first-order valence-corrected chi connectivity index (χ1v) is 12.2. The van der Waals surface area contributed by atoms with Crippen LogP contribution in [-0.2, 0) is 15.0 Å². The van der Waals surface area contributed by atoms with Crippen molar-refractivity contribution in [3.63, 3.8) is 0 Å². The zero-order valence-corrected chi connectivity index (χ0v) is 21.1. The number of halogens is 4. The molecule has 168 valence electrons. The zero-order chi connectivity index (χ0) is 23.5. The van der Waals surface area contributed by atoms with Gasteiger partial charge in [-0.15, -0.1) is 0 Å². The van der Waals surface area contributed by atoms with Crippen LogP contribution in [0.2, 0.25) is 10.0 Å². The summed E-state index contributed by atoms with van der Waals surface area (Å²) in [6.07, 6.45) is 0.0801. The van der Waals surface area contributed by atoms with Crippen molar-refractivity contribution in [2.24, 2.45) is 0 Å². The predicted molar refractivity (Wildman–Crippen MR) is 135 cm³/mol. The Labute approximate surface area is 214 Å². The standard InChI is InChI=1S/C25H18Cl2FIN2O2/c1-12-2-5-15(28)10-16(12)23-25(18-6-3-14(27)9-21(18)30-24(25)33)19(11-22(32)31-23)17-8-13(26)4-7-20(17)29/h2-10,19,23H,11H2,1H3,(H,30,33)(H,31,32)/t19-,23+,25-/m0/s1. The van der Waals surface area contributed by atoms with Crippen LogP contribution in [0.15, 0.2) is 54.6 Å². The third-order valence-corrected chi connectivity index (χ3v) is 8.09. The Balaban J connectivity index is 1.86. The van der Waals surface area contributed by atoms with Gasteiger partial charge in [0.2, 0.25) is 11.8 Å². The summed E-state index contributed by atoms with van der Waals surface area (Å²) in [4.78, 5) is 27.0. The highest BCUT2D eigenvalue weighted by atomic mass is 127. The number of amides is 2. The smallest absolute Gasteiger partial charge is 0.238 e. The summed E-state index contributed by atoms with van der Waals surface area (Å²) in [7, 11) is 0. The predicted octanol–water partition coefficient (Wildman–Crippen LogP) is 6.28. The lowest BCUT2D eigenvalue weighted by Crippen LogP contribution is -2.57. The number of fused-ring (bicyclic) bond motifs is 2. The van der Waals surface area contributed by atoms with E-state index in [1.165, 1.54) is 12.1 Å². The molecule has 2 N–H and O–H groups in total. The Morgan fingerprint density at radius 3 is 2.52 bits per heavy atom. The first kappa shape index (κ1) is 22.6. The first-order valence-electron chi connectivity index (χ1n) is 10.3. The number of carbonyl (C=O) groups is 2. The van der Waals surface area contributed by atoms with Gasteiger partial charge in [0.25, 0.3) is 0 Å². The molecule has 0 saturated carbocycles. The molecule has 3 aromatic rings. The second-order valence-corrected chi connectivity index (χ2v) is 10.5. The lowest BCUT2D eigenvalue weighted by molar-refractivity contribution is -0.131. The minimum absolute atomic E-state index is 0.0801. The van der Waals surface area contributed by atoms with Crippen LogP contribution >= 0.6 is 45.8 Å². The lowest BCUT2D eigenvalue weighted by Gasteiger charge is -2.47. The Hall–Kier alpha value is -2.16. The monoisotopic (exact) mass is 594 g/mol. The molecule has 0 unspecified atom stereocenters. The van der Waals surface area contributed by atoms with E-state index in [0.717, 1.165) is 14.7 Å². The van der Waals surface area contributed by atoms with Gasteiger partial charge in [-0.2, -0.15) is 0 Å². The maximum Gasteiger partial charge on any atom is 0.238 e. The van der Waals surface area contributed by atoms with Crippen molar-refractivity contribution in [3.05, 3.63) is 96.3 Å². The van der Waals surface area contributed by atoms with Crippen molar-refractivity contribution in [3.8, 4) is 0 Å². The highest BCUT2D eigenvalue weighted by Gasteiger charge is 2.61. The molecular weight excluding hydrogens is 577 g/mol. The van der Waals surface area contributed by atoms with Crippen molar-refractivity contribution in [1.82, 2.24) is 5.32 Å². The molecule has 33 heavy (non-hydrogen) atoms. The van der Waals surface area contributed by atoms with E-state index in [4.69, 9.17) is 23.2 Å². The maximum atomic E-state index is 14.4. The number of piperidine rings is 1. The van der Waals surface area contributed by atoms with Crippen LogP contribution in [0.1, 0.15) is 40.6 Å². The fourth-order valence-electron chi connectivity index (χ4n) is 5.22. The first-order chi connectivity index (χ1) is 15.7. The van der Waals surface area contributed by atoms with Gasteiger partial charge in [-0.05, 0) is 94.2 Å². The molecule has 0 bridgehead atoms. The fourth-order valence-corrected chi connectivity index (χ4v) is 6.29. The molecule has 1 saturated heterocycles. The summed E-state index contributed by atoms with van der Waals surface area (Å²) in [5, 5.41) is 6.99. The minimum Gasteiger partial charge on any atom is -0.348 e. The van der Waals surface area contributed by atoms with Crippen LogP contribution in [0.25, 0.3) is 0 Å². The van der Waals surface area contributed by atoms with Gasteiger partial charge >= 0.3 is 0 Å². The number of hydrogen-bond acceptors (Lipinski definition) is 2. The second-order valence-electron chi connectivity index (χ2n) is 8.44. The molecule has 2 aliphatic rings. The molecule has 0 aliphatic carbocycles. The molecule has 4 nitrogen and oxygen atoms in total. The summed E-state index contributed by atoms with van der Waals surface area (Å²) in [5.74, 6) is -1.46. The number of hydrogen-bond donors (Lipinski definition) is 2. The van der Waals surface area contributed by atoms with Gasteiger partial charge in [0, 0.05) is 31.6 Å². The molecule has 2 heterocycles. The number of benzene rings is 3. The van der Waals surface area contributed by atoms with Crippen molar-refractivity contribution in [2.45, 2.75) is 30.7 Å². The van der Waals surface area contributed by atoms with E-state index in [9.17, 15) is 14.0 Å². The minimum atomic E-state index is -1.23. The van der Waals surface area contributed by atoms with E-state index in [0.29, 0.717) is 26.9 Å². The second kappa shape index (κ2) is 8.25. The normalized spacial score (nSPS) is 23.9. The molecule has 1 spiro atoms. The molecule has 8 heteroatoms. The van der Waals surface area contributed by atoms with Crippen molar-refractivity contribution < 1.29 is 14.0 Å². The number of nitrogens with one attached hydrogen (secondary N) is 2. The van der Waals surface area contributed by atoms with Gasteiger partial charge in [0.05, 0.1) is 6.04 Å². The van der Waals surface area contributed by atoms with Crippen LogP contribution in [-0.4, -0.2) is 11.8 Å². The molecule has 2 aliphatic heterocycles. The molecule has 3 atom stereocenters. The number of anilines is 1. The number of carbonyl (C=O) groups excluding carboxylic acids is 2. The quantitative estimate of drug-likeness (QED) is 0.343. The molecule has 0 radical (unpaired) electrons. The summed E-state index contributed by atoms with van der Waals surface area (Å²) < 4.78 is 15.3. The number of rotatable bonds is 2. The molecule has 5 rings (SSSR count). The van der Waals surface area contributed by atoms with Crippen LogP contribution in [0.3, 0.4) is 0 Å². The van der Waals surface area contributed by atoms with Crippen LogP contribution < -0.4 is 10.6 Å². The largest absolute Gasteiger partial charge is 0.348 e. The third kappa shape index (κ3) is 3.54. The van der Waals surface area contributed by atoms with Gasteiger partial charge in [0.1, 0.15) is 11.2 Å². The van der Waals surface area contributed by atoms with Gasteiger partial charge in [0.15, 0.2) is 0 Å². The van der Waals surface area contributed by atoms with Gasteiger partial charge in [-0.25, -0.2) is 4.39 Å². The highest BCUT2D eigenvalue weighted by molar-refractivity contribution is 14.1. The molecule has 2 amide bonds. The Kier molecular flexibility index (Phi) is 5.66. The van der Waals surface area contributed by atoms with E-state index in [1.807, 2.05) is 25.1 Å². The van der Waals surface area contributed by atoms with Gasteiger partial charge < -0.3 is 10.6 Å². The van der Waals surface area contributed by atoms with Crippen LogP contribution in [0.4, 0.5) is 10.1 Å². The fraction of sp³-hybridized carbons (Fsp3) is 0.200. The average Bonchev–Trinajstić information content (AvgIpc) is 3.04. The van der Waals surface area contributed by atoms with E-state index >= 15 is 0 Å². The van der Waals surface area contributed by atoms with Crippen molar-refractivity contribution in [2.75, 3.05) is 5.32 Å². The van der Waals surface area contributed by atoms with E-state index < -0.39 is 23.2 Å². The Morgan fingerprint density at radius 2 is 1.73 bits per heavy atom. The van der Waals surface area contributed by atoms with Gasteiger partial charge in [-0.3, -0.25) is 9.59 Å². The highest BCUT2D eigenvalue weighted by Crippen LogP contribution is 2.58. The molecule has 3 aromatic carbocycles. The average molecular weight is 595 g/mol. The van der Waals surface area contributed by atoms with Crippen molar-refractivity contribution >= 4 is 63.3 Å². The topological polar surface area (TPSA) is 58.2 Å². The maximum absolute atomic E-state index is 14.4. The molecule has 1 fully saturated rings. The summed E-state index contributed by atoms with van der Waals surface area (Å²) in [5.41, 5.74) is 2.21. The van der Waals surface area contributed by atoms with Crippen LogP contribution in [0.5, 0.6) is 0 Å². The SMILES string of the molecule is Cc1ccc(F)cc1[C@H]1NC(=O)C[C@@H](c2cc(Cl)ccc2I)[C@]12C(=O)Nc1cc(Cl)ccc12. The summed E-state index contributed by atoms with van der Waals surface area (Å²) >= 11 is 14.8. The summed E-state index contributed by atoms with van der Waals surface area (Å²) in [6.45, 7) is 1.84. The van der Waals surface area contributed by atoms with E-state index in [1.54, 1.807) is 24.3 Å². The Bertz CT molecular complexity index is 1270. The number of aryl methyl sites for hydroxylation is 1. The van der Waals surface area contributed by atoms with Crippen molar-refractivity contribution in [1.29, 1.82) is 0 Å². The van der Waals surface area contributed by atoms with E-state index in [2.05, 4.69) is 33.2 Å². The molecule has 0 aromatic heterocycles. The van der Waals surface area contributed by atoms with Crippen LogP contribution in [0, 0.1) is 16.3 Å².